The Labute approximate surface area is 106 Å². The summed E-state index contributed by atoms with van der Waals surface area (Å²) in [5.41, 5.74) is 6.01. The number of nitrogens with zero attached hydrogens (tertiary/aromatic N) is 2. The van der Waals surface area contributed by atoms with Crippen molar-refractivity contribution in [3.8, 4) is 0 Å². The van der Waals surface area contributed by atoms with Crippen LogP contribution in [0.2, 0.25) is 0 Å². The number of rotatable bonds is 2. The van der Waals surface area contributed by atoms with Crippen LogP contribution < -0.4 is 5.73 Å². The SMILES string of the molecule is CC1CCN(C2CCCCC2)C(CN)CN1C. The van der Waals surface area contributed by atoms with Gasteiger partial charge in [-0.15, -0.1) is 0 Å². The molecule has 1 heterocycles. The molecule has 0 spiro atoms. The van der Waals surface area contributed by atoms with Gasteiger partial charge in [0.1, 0.15) is 0 Å². The molecule has 1 saturated heterocycles. The number of likely N-dealkylation sites (N-methyl/N-ethyl adjacent to an activating group) is 1. The van der Waals surface area contributed by atoms with Crippen LogP contribution in [0, 0.1) is 0 Å². The number of nitrogens with two attached hydrogens (primary N) is 1. The van der Waals surface area contributed by atoms with Crippen LogP contribution in [0.4, 0.5) is 0 Å². The van der Waals surface area contributed by atoms with E-state index >= 15 is 0 Å². The number of hydrogen-bond donors (Lipinski definition) is 1. The van der Waals surface area contributed by atoms with Gasteiger partial charge in [0.25, 0.3) is 0 Å². The lowest BCUT2D eigenvalue weighted by Gasteiger charge is -2.38. The predicted octanol–water partition coefficient (Wildman–Crippen LogP) is 1.67. The third-order valence-corrected chi connectivity index (χ3v) is 4.84. The van der Waals surface area contributed by atoms with E-state index in [1.54, 1.807) is 0 Å². The lowest BCUT2D eigenvalue weighted by molar-refractivity contribution is 0.107. The molecule has 2 unspecified atom stereocenters. The smallest absolute Gasteiger partial charge is 0.0348 e. The molecular formula is C14H29N3. The molecule has 2 atom stereocenters. The predicted molar refractivity (Wildman–Crippen MR) is 73.1 cm³/mol. The van der Waals surface area contributed by atoms with E-state index in [0.29, 0.717) is 12.1 Å². The lowest BCUT2D eigenvalue weighted by Crippen LogP contribution is -2.50. The Balaban J connectivity index is 2.02. The van der Waals surface area contributed by atoms with E-state index in [4.69, 9.17) is 5.73 Å². The zero-order valence-corrected chi connectivity index (χ0v) is 11.6. The van der Waals surface area contributed by atoms with Crippen molar-refractivity contribution in [1.29, 1.82) is 0 Å². The van der Waals surface area contributed by atoms with Crippen molar-refractivity contribution in [1.82, 2.24) is 9.80 Å². The maximum absolute atomic E-state index is 6.01. The Kier molecular flexibility index (Phi) is 4.83. The minimum atomic E-state index is 0.577. The van der Waals surface area contributed by atoms with Crippen molar-refractivity contribution in [2.45, 2.75) is 63.6 Å². The fourth-order valence-electron chi connectivity index (χ4n) is 3.46. The summed E-state index contributed by atoms with van der Waals surface area (Å²) in [7, 11) is 2.25. The zero-order chi connectivity index (χ0) is 12.3. The highest BCUT2D eigenvalue weighted by atomic mass is 15.3. The number of hydrogen-bond acceptors (Lipinski definition) is 3. The van der Waals surface area contributed by atoms with Gasteiger partial charge in [-0.25, -0.2) is 0 Å². The molecule has 0 aromatic carbocycles. The van der Waals surface area contributed by atoms with E-state index in [-0.39, 0.29) is 0 Å². The first-order chi connectivity index (χ1) is 8.22. The van der Waals surface area contributed by atoms with Gasteiger partial charge in [0.2, 0.25) is 0 Å². The van der Waals surface area contributed by atoms with E-state index < -0.39 is 0 Å². The van der Waals surface area contributed by atoms with Gasteiger partial charge in [-0.05, 0) is 33.2 Å². The summed E-state index contributed by atoms with van der Waals surface area (Å²) < 4.78 is 0. The second-order valence-corrected chi connectivity index (χ2v) is 6.00. The van der Waals surface area contributed by atoms with Gasteiger partial charge in [0, 0.05) is 37.8 Å². The molecule has 0 aromatic rings. The van der Waals surface area contributed by atoms with Gasteiger partial charge in [-0.3, -0.25) is 4.90 Å². The van der Waals surface area contributed by atoms with Gasteiger partial charge < -0.3 is 10.6 Å². The molecule has 0 aromatic heterocycles. The molecule has 2 N–H and O–H groups in total. The first-order valence-electron chi connectivity index (χ1n) is 7.38. The highest BCUT2D eigenvalue weighted by molar-refractivity contribution is 4.88. The van der Waals surface area contributed by atoms with Gasteiger partial charge >= 0.3 is 0 Å². The van der Waals surface area contributed by atoms with Crippen LogP contribution in [-0.4, -0.2) is 54.6 Å². The summed E-state index contributed by atoms with van der Waals surface area (Å²) in [6.07, 6.45) is 8.37. The fraction of sp³-hybridized carbons (Fsp3) is 1.00. The van der Waals surface area contributed by atoms with Crippen LogP contribution in [0.15, 0.2) is 0 Å². The van der Waals surface area contributed by atoms with E-state index in [1.165, 1.54) is 45.1 Å². The summed E-state index contributed by atoms with van der Waals surface area (Å²) in [4.78, 5) is 5.22. The van der Waals surface area contributed by atoms with Crippen molar-refractivity contribution in [3.63, 3.8) is 0 Å². The monoisotopic (exact) mass is 239 g/mol. The summed E-state index contributed by atoms with van der Waals surface area (Å²) in [6, 6.07) is 2.10. The van der Waals surface area contributed by atoms with Crippen molar-refractivity contribution < 1.29 is 0 Å². The molecular weight excluding hydrogens is 210 g/mol. The largest absolute Gasteiger partial charge is 0.329 e. The summed E-state index contributed by atoms with van der Waals surface area (Å²) in [6.45, 7) is 5.55. The Bertz CT molecular complexity index is 226. The first kappa shape index (κ1) is 13.3. The van der Waals surface area contributed by atoms with E-state index in [9.17, 15) is 0 Å². The van der Waals surface area contributed by atoms with E-state index in [1.807, 2.05) is 0 Å². The van der Waals surface area contributed by atoms with Crippen LogP contribution in [0.1, 0.15) is 45.4 Å². The molecule has 2 aliphatic rings. The van der Waals surface area contributed by atoms with E-state index in [0.717, 1.165) is 19.1 Å². The maximum atomic E-state index is 6.01. The van der Waals surface area contributed by atoms with E-state index in [2.05, 4.69) is 23.8 Å². The molecule has 1 aliphatic heterocycles. The maximum Gasteiger partial charge on any atom is 0.0348 e. The first-order valence-corrected chi connectivity index (χ1v) is 7.38. The van der Waals surface area contributed by atoms with Gasteiger partial charge in [-0.1, -0.05) is 19.3 Å². The summed E-state index contributed by atoms with van der Waals surface area (Å²) in [5, 5.41) is 0. The minimum Gasteiger partial charge on any atom is -0.329 e. The molecule has 17 heavy (non-hydrogen) atoms. The van der Waals surface area contributed by atoms with Crippen molar-refractivity contribution in [2.24, 2.45) is 5.73 Å². The molecule has 0 bridgehead atoms. The average Bonchev–Trinajstić information content (AvgIpc) is 2.51. The van der Waals surface area contributed by atoms with Crippen molar-refractivity contribution in [3.05, 3.63) is 0 Å². The molecule has 100 valence electrons. The van der Waals surface area contributed by atoms with Gasteiger partial charge in [-0.2, -0.15) is 0 Å². The zero-order valence-electron chi connectivity index (χ0n) is 11.6. The third-order valence-electron chi connectivity index (χ3n) is 4.84. The third kappa shape index (κ3) is 3.21. The van der Waals surface area contributed by atoms with Crippen LogP contribution >= 0.6 is 0 Å². The molecule has 1 aliphatic carbocycles. The van der Waals surface area contributed by atoms with Crippen LogP contribution in [0.25, 0.3) is 0 Å². The Hall–Kier alpha value is -0.120. The summed E-state index contributed by atoms with van der Waals surface area (Å²) in [5.74, 6) is 0. The van der Waals surface area contributed by atoms with Crippen molar-refractivity contribution >= 4 is 0 Å². The quantitative estimate of drug-likeness (QED) is 0.795. The standard InChI is InChI=1S/C14H29N3/c1-12-8-9-17(13-6-4-3-5-7-13)14(10-15)11-16(12)2/h12-14H,3-11,15H2,1-2H3. The Morgan fingerprint density at radius 2 is 1.82 bits per heavy atom. The molecule has 3 heteroatoms. The van der Waals surface area contributed by atoms with Crippen LogP contribution in [0.3, 0.4) is 0 Å². The molecule has 2 rings (SSSR count). The summed E-state index contributed by atoms with van der Waals surface area (Å²) >= 11 is 0. The van der Waals surface area contributed by atoms with Crippen LogP contribution in [0.5, 0.6) is 0 Å². The van der Waals surface area contributed by atoms with Gasteiger partial charge in [0.15, 0.2) is 0 Å². The highest BCUT2D eigenvalue weighted by Gasteiger charge is 2.31. The van der Waals surface area contributed by atoms with Crippen molar-refractivity contribution in [2.75, 3.05) is 26.7 Å². The molecule has 3 nitrogen and oxygen atoms in total. The van der Waals surface area contributed by atoms with Crippen LogP contribution in [-0.2, 0) is 0 Å². The second kappa shape index (κ2) is 6.17. The van der Waals surface area contributed by atoms with Gasteiger partial charge in [0.05, 0.1) is 0 Å². The highest BCUT2D eigenvalue weighted by Crippen LogP contribution is 2.26. The molecule has 0 amide bonds. The molecule has 2 fully saturated rings. The Morgan fingerprint density at radius 1 is 1.12 bits per heavy atom. The minimum absolute atomic E-state index is 0.577. The topological polar surface area (TPSA) is 32.5 Å². The molecule has 1 saturated carbocycles. The Morgan fingerprint density at radius 3 is 2.47 bits per heavy atom. The normalized spacial score (nSPS) is 34.8. The lowest BCUT2D eigenvalue weighted by atomic mass is 9.93. The second-order valence-electron chi connectivity index (χ2n) is 6.00. The molecule has 0 radical (unpaired) electrons. The fourth-order valence-corrected chi connectivity index (χ4v) is 3.46. The average molecular weight is 239 g/mol.